The first-order chi connectivity index (χ1) is 11.5. The van der Waals surface area contributed by atoms with E-state index in [0.29, 0.717) is 12.0 Å². The van der Waals surface area contributed by atoms with Gasteiger partial charge in [-0.3, -0.25) is 4.79 Å². The average molecular weight is 337 g/mol. The summed E-state index contributed by atoms with van der Waals surface area (Å²) in [5, 5.41) is 14.1. The van der Waals surface area contributed by atoms with Gasteiger partial charge in [-0.25, -0.2) is 0 Å². The Hall–Kier alpha value is -0.610. The van der Waals surface area contributed by atoms with Crippen molar-refractivity contribution in [2.75, 3.05) is 19.6 Å². The van der Waals surface area contributed by atoms with E-state index in [9.17, 15) is 9.90 Å². The van der Waals surface area contributed by atoms with E-state index >= 15 is 0 Å². The van der Waals surface area contributed by atoms with Gasteiger partial charge in [-0.2, -0.15) is 0 Å². The first-order valence-corrected chi connectivity index (χ1v) is 10.3. The van der Waals surface area contributed by atoms with Crippen molar-refractivity contribution in [3.8, 4) is 0 Å². The fourth-order valence-electron chi connectivity index (χ4n) is 4.87. The van der Waals surface area contributed by atoms with Gasteiger partial charge in [0, 0.05) is 32.1 Å². The molecule has 3 aliphatic rings. The lowest BCUT2D eigenvalue weighted by molar-refractivity contribution is -0.123. The Bertz CT molecular complexity index is 404. The molecule has 0 bridgehead atoms. The zero-order valence-corrected chi connectivity index (χ0v) is 15.4. The maximum atomic E-state index is 12.2. The van der Waals surface area contributed by atoms with E-state index in [0.717, 1.165) is 70.5 Å². The van der Waals surface area contributed by atoms with Crippen LogP contribution >= 0.6 is 0 Å². The van der Waals surface area contributed by atoms with Crippen LogP contribution in [0.1, 0.15) is 77.6 Å². The highest BCUT2D eigenvalue weighted by atomic mass is 16.3. The molecular formula is C20H36N2O2. The maximum absolute atomic E-state index is 12.2. The second-order valence-corrected chi connectivity index (χ2v) is 8.88. The number of aliphatic hydroxyl groups is 1. The summed E-state index contributed by atoms with van der Waals surface area (Å²) in [5.74, 6) is 1.67. The van der Waals surface area contributed by atoms with Crippen molar-refractivity contribution in [2.24, 2.45) is 11.8 Å². The summed E-state index contributed by atoms with van der Waals surface area (Å²) in [4.78, 5) is 14.6. The zero-order valence-electron chi connectivity index (χ0n) is 15.4. The molecule has 3 rings (SSSR count). The maximum Gasteiger partial charge on any atom is 0.220 e. The van der Waals surface area contributed by atoms with Crippen LogP contribution < -0.4 is 5.32 Å². The van der Waals surface area contributed by atoms with Gasteiger partial charge in [0.25, 0.3) is 0 Å². The first-order valence-electron chi connectivity index (χ1n) is 10.3. The quantitative estimate of drug-likeness (QED) is 0.811. The van der Waals surface area contributed by atoms with Crippen molar-refractivity contribution < 1.29 is 9.90 Å². The summed E-state index contributed by atoms with van der Waals surface area (Å²) in [6, 6.07) is 0.344. The number of carbonyl (C=O) groups excluding carboxylic acids is 1. The number of nitrogens with zero attached hydrogens (tertiary/aromatic N) is 1. The van der Waals surface area contributed by atoms with E-state index in [1.807, 2.05) is 0 Å². The van der Waals surface area contributed by atoms with Crippen molar-refractivity contribution in [3.63, 3.8) is 0 Å². The van der Waals surface area contributed by atoms with Gasteiger partial charge in [0.1, 0.15) is 0 Å². The molecule has 4 nitrogen and oxygen atoms in total. The molecule has 138 valence electrons. The molecule has 1 amide bonds. The number of nitrogens with one attached hydrogen (secondary N) is 1. The summed E-state index contributed by atoms with van der Waals surface area (Å²) in [6.07, 6.45) is 12.1. The van der Waals surface area contributed by atoms with E-state index in [4.69, 9.17) is 0 Å². The van der Waals surface area contributed by atoms with Crippen molar-refractivity contribution in [2.45, 2.75) is 89.2 Å². The van der Waals surface area contributed by atoms with Crippen LogP contribution in [0.25, 0.3) is 0 Å². The summed E-state index contributed by atoms with van der Waals surface area (Å²) in [6.45, 7) is 5.13. The molecule has 2 aliphatic carbocycles. The van der Waals surface area contributed by atoms with Crippen LogP contribution in [0.5, 0.6) is 0 Å². The third kappa shape index (κ3) is 5.19. The highest BCUT2D eigenvalue weighted by Gasteiger charge is 2.34. The van der Waals surface area contributed by atoms with Crippen molar-refractivity contribution in [3.05, 3.63) is 0 Å². The van der Waals surface area contributed by atoms with E-state index in [1.165, 1.54) is 25.7 Å². The SMILES string of the molecule is CC1CCC(O)(CN2CCC(NC(=O)CC3CCCC3)CC2)CC1. The first kappa shape index (κ1) is 18.2. The van der Waals surface area contributed by atoms with E-state index < -0.39 is 5.60 Å². The van der Waals surface area contributed by atoms with Crippen LogP contribution in [-0.4, -0.2) is 47.2 Å². The molecule has 1 saturated heterocycles. The van der Waals surface area contributed by atoms with Crippen molar-refractivity contribution in [1.82, 2.24) is 10.2 Å². The molecule has 0 spiro atoms. The Morgan fingerprint density at radius 3 is 2.33 bits per heavy atom. The molecule has 1 heterocycles. The number of likely N-dealkylation sites (tertiary alicyclic amines) is 1. The topological polar surface area (TPSA) is 52.6 Å². The summed E-state index contributed by atoms with van der Waals surface area (Å²) < 4.78 is 0. The van der Waals surface area contributed by atoms with Gasteiger partial charge in [-0.15, -0.1) is 0 Å². The average Bonchev–Trinajstić information content (AvgIpc) is 3.05. The smallest absolute Gasteiger partial charge is 0.220 e. The largest absolute Gasteiger partial charge is 0.389 e. The van der Waals surface area contributed by atoms with Crippen LogP contribution in [0, 0.1) is 11.8 Å². The minimum absolute atomic E-state index is 0.264. The lowest BCUT2D eigenvalue weighted by atomic mass is 9.79. The fraction of sp³-hybridized carbons (Fsp3) is 0.950. The molecule has 2 saturated carbocycles. The zero-order chi connectivity index (χ0) is 17.0. The third-order valence-corrected chi connectivity index (χ3v) is 6.62. The Morgan fingerprint density at radius 2 is 1.71 bits per heavy atom. The normalized spacial score (nSPS) is 33.7. The van der Waals surface area contributed by atoms with Gasteiger partial charge >= 0.3 is 0 Å². The minimum atomic E-state index is -0.467. The van der Waals surface area contributed by atoms with Crippen LogP contribution in [0.4, 0.5) is 0 Å². The Balaban J connectivity index is 1.35. The number of hydrogen-bond acceptors (Lipinski definition) is 3. The molecule has 0 unspecified atom stereocenters. The predicted molar refractivity (Wildman–Crippen MR) is 96.8 cm³/mol. The molecule has 4 heteroatoms. The Labute approximate surface area is 147 Å². The molecule has 1 aliphatic heterocycles. The Kier molecular flexibility index (Phi) is 6.20. The lowest BCUT2D eigenvalue weighted by Gasteiger charge is -2.41. The number of β-amino-alcohol motifs (C(OH)–C–C–N with tert-alkyl or cyclic N) is 1. The number of rotatable bonds is 5. The van der Waals surface area contributed by atoms with Gasteiger partial charge in [0.2, 0.25) is 5.91 Å². The van der Waals surface area contributed by atoms with E-state index in [-0.39, 0.29) is 5.91 Å². The van der Waals surface area contributed by atoms with Crippen LogP contribution in [0.2, 0.25) is 0 Å². The molecular weight excluding hydrogens is 300 g/mol. The molecule has 0 aromatic rings. The van der Waals surface area contributed by atoms with Gasteiger partial charge in [-0.1, -0.05) is 19.8 Å². The standard InChI is InChI=1S/C20H36N2O2/c1-16-6-10-20(24,11-7-16)15-22-12-8-18(9-13-22)21-19(23)14-17-4-2-3-5-17/h16-18,24H,2-15H2,1H3,(H,21,23). The van der Waals surface area contributed by atoms with Crippen molar-refractivity contribution in [1.29, 1.82) is 0 Å². The minimum Gasteiger partial charge on any atom is -0.389 e. The molecule has 0 aromatic carbocycles. The van der Waals surface area contributed by atoms with Gasteiger partial charge < -0.3 is 15.3 Å². The van der Waals surface area contributed by atoms with E-state index in [2.05, 4.69) is 17.1 Å². The van der Waals surface area contributed by atoms with Gasteiger partial charge in [-0.05, 0) is 63.2 Å². The van der Waals surface area contributed by atoms with Gasteiger partial charge in [0.15, 0.2) is 0 Å². The second-order valence-electron chi connectivity index (χ2n) is 8.88. The molecule has 0 radical (unpaired) electrons. The molecule has 2 N–H and O–H groups in total. The Morgan fingerprint density at radius 1 is 1.08 bits per heavy atom. The predicted octanol–water partition coefficient (Wildman–Crippen LogP) is 3.09. The fourth-order valence-corrected chi connectivity index (χ4v) is 4.87. The molecule has 0 atom stereocenters. The highest BCUT2D eigenvalue weighted by Crippen LogP contribution is 2.33. The van der Waals surface area contributed by atoms with E-state index in [1.54, 1.807) is 0 Å². The number of carbonyl (C=O) groups is 1. The highest BCUT2D eigenvalue weighted by molar-refractivity contribution is 5.76. The van der Waals surface area contributed by atoms with Crippen LogP contribution in [0.3, 0.4) is 0 Å². The number of hydrogen-bond donors (Lipinski definition) is 2. The monoisotopic (exact) mass is 336 g/mol. The van der Waals surface area contributed by atoms with Crippen LogP contribution in [-0.2, 0) is 4.79 Å². The summed E-state index contributed by atoms with van der Waals surface area (Å²) in [7, 11) is 0. The number of piperidine rings is 1. The number of amides is 1. The van der Waals surface area contributed by atoms with Gasteiger partial charge in [0.05, 0.1) is 5.60 Å². The molecule has 24 heavy (non-hydrogen) atoms. The second kappa shape index (κ2) is 8.18. The van der Waals surface area contributed by atoms with Crippen LogP contribution in [0.15, 0.2) is 0 Å². The van der Waals surface area contributed by atoms with Crippen molar-refractivity contribution >= 4 is 5.91 Å². The summed E-state index contributed by atoms with van der Waals surface area (Å²) in [5.41, 5.74) is -0.467. The molecule has 0 aromatic heterocycles. The summed E-state index contributed by atoms with van der Waals surface area (Å²) >= 11 is 0. The lowest BCUT2D eigenvalue weighted by Crippen LogP contribution is -2.50. The third-order valence-electron chi connectivity index (χ3n) is 6.62. The molecule has 3 fully saturated rings.